The lowest BCUT2D eigenvalue weighted by Gasteiger charge is -2.24. The number of hydrogen-bond acceptors (Lipinski definition) is 3. The third-order valence-corrected chi connectivity index (χ3v) is 5.43. The van der Waals surface area contributed by atoms with E-state index in [1.807, 2.05) is 18.2 Å². The van der Waals surface area contributed by atoms with E-state index in [1.165, 1.54) is 18.4 Å². The molecule has 1 unspecified atom stereocenters. The predicted octanol–water partition coefficient (Wildman–Crippen LogP) is 3.60. The third-order valence-electron chi connectivity index (χ3n) is 5.43. The van der Waals surface area contributed by atoms with Crippen LogP contribution in [0.1, 0.15) is 33.0 Å². The van der Waals surface area contributed by atoms with Crippen LogP contribution in [0.15, 0.2) is 39.7 Å². The monoisotopic (exact) mass is 370 g/mol. The molecule has 2 aromatic rings. The minimum absolute atomic E-state index is 0.740. The molecule has 1 saturated heterocycles. The molecule has 1 aliphatic heterocycles. The standard InChI is InChI=1S/C22H34N4O/c1-4-23-22(26-14-12-18(17-26)16-25(5-2)6-3)24-13-11-20-15-19-9-7-8-10-21(19)27-20/h7-10,15,18H,4-6,11-14,16-17H2,1-3H3,(H,23,24). The van der Waals surface area contributed by atoms with Crippen LogP contribution in [0.2, 0.25) is 0 Å². The number of nitrogens with zero attached hydrogens (tertiary/aromatic N) is 3. The van der Waals surface area contributed by atoms with E-state index in [0.717, 1.165) is 68.9 Å². The summed E-state index contributed by atoms with van der Waals surface area (Å²) >= 11 is 0. The summed E-state index contributed by atoms with van der Waals surface area (Å²) in [5, 5.41) is 4.64. The van der Waals surface area contributed by atoms with Crippen LogP contribution in [0.5, 0.6) is 0 Å². The number of benzene rings is 1. The molecule has 0 radical (unpaired) electrons. The number of aliphatic imine (C=N–C) groups is 1. The van der Waals surface area contributed by atoms with Crippen molar-refractivity contribution in [1.82, 2.24) is 15.1 Å². The summed E-state index contributed by atoms with van der Waals surface area (Å²) < 4.78 is 5.91. The van der Waals surface area contributed by atoms with E-state index in [9.17, 15) is 0 Å². The maximum absolute atomic E-state index is 5.91. The van der Waals surface area contributed by atoms with Gasteiger partial charge in [-0.25, -0.2) is 0 Å². The van der Waals surface area contributed by atoms with Crippen LogP contribution in [-0.4, -0.2) is 61.6 Å². The van der Waals surface area contributed by atoms with Gasteiger partial charge in [0.1, 0.15) is 11.3 Å². The predicted molar refractivity (Wildman–Crippen MR) is 113 cm³/mol. The molecule has 0 spiro atoms. The molecule has 5 heteroatoms. The topological polar surface area (TPSA) is 44.0 Å². The fourth-order valence-corrected chi connectivity index (χ4v) is 3.88. The molecular weight excluding hydrogens is 336 g/mol. The maximum Gasteiger partial charge on any atom is 0.193 e. The first-order valence-corrected chi connectivity index (χ1v) is 10.5. The van der Waals surface area contributed by atoms with E-state index >= 15 is 0 Å². The highest BCUT2D eigenvalue weighted by Crippen LogP contribution is 2.20. The Labute approximate surface area is 163 Å². The molecule has 1 N–H and O–H groups in total. The first kappa shape index (κ1) is 19.7. The van der Waals surface area contributed by atoms with Gasteiger partial charge in [0.2, 0.25) is 0 Å². The summed E-state index contributed by atoms with van der Waals surface area (Å²) in [6, 6.07) is 10.3. The molecule has 3 rings (SSSR count). The van der Waals surface area contributed by atoms with Crippen molar-refractivity contribution >= 4 is 16.9 Å². The Balaban J connectivity index is 1.56. The van der Waals surface area contributed by atoms with E-state index < -0.39 is 0 Å². The van der Waals surface area contributed by atoms with Crippen LogP contribution < -0.4 is 5.32 Å². The minimum Gasteiger partial charge on any atom is -0.461 e. The van der Waals surface area contributed by atoms with Crippen molar-refractivity contribution in [3.05, 3.63) is 36.1 Å². The van der Waals surface area contributed by atoms with Gasteiger partial charge in [-0.05, 0) is 44.5 Å². The Bertz CT molecular complexity index is 702. The van der Waals surface area contributed by atoms with Crippen molar-refractivity contribution in [2.75, 3.05) is 45.8 Å². The first-order chi connectivity index (χ1) is 13.2. The van der Waals surface area contributed by atoms with E-state index in [0.29, 0.717) is 0 Å². The zero-order valence-electron chi connectivity index (χ0n) is 17.1. The molecule has 0 bridgehead atoms. The SMILES string of the molecule is CCNC(=NCCc1cc2ccccc2o1)N1CCC(CN(CC)CC)C1. The Hall–Kier alpha value is -2.01. The summed E-state index contributed by atoms with van der Waals surface area (Å²) in [5.74, 6) is 2.80. The van der Waals surface area contributed by atoms with Gasteiger partial charge in [-0.15, -0.1) is 0 Å². The van der Waals surface area contributed by atoms with Crippen molar-refractivity contribution < 1.29 is 4.42 Å². The molecule has 1 aromatic heterocycles. The van der Waals surface area contributed by atoms with Gasteiger partial charge in [-0.1, -0.05) is 32.0 Å². The highest BCUT2D eigenvalue weighted by Gasteiger charge is 2.25. The van der Waals surface area contributed by atoms with E-state index in [1.54, 1.807) is 0 Å². The lowest BCUT2D eigenvalue weighted by Crippen LogP contribution is -2.41. The summed E-state index contributed by atoms with van der Waals surface area (Å²) in [4.78, 5) is 9.83. The second-order valence-electron chi connectivity index (χ2n) is 7.32. The molecule has 0 amide bonds. The van der Waals surface area contributed by atoms with Gasteiger partial charge < -0.3 is 19.5 Å². The summed E-state index contributed by atoms with van der Waals surface area (Å²) in [6.07, 6.45) is 2.09. The molecule has 0 saturated carbocycles. The summed E-state index contributed by atoms with van der Waals surface area (Å²) in [6.45, 7) is 14.0. The Morgan fingerprint density at radius 2 is 2.07 bits per heavy atom. The van der Waals surface area contributed by atoms with Gasteiger partial charge in [0.15, 0.2) is 5.96 Å². The number of guanidine groups is 1. The van der Waals surface area contributed by atoms with E-state index in [4.69, 9.17) is 9.41 Å². The van der Waals surface area contributed by atoms with Crippen molar-refractivity contribution in [2.24, 2.45) is 10.9 Å². The lowest BCUT2D eigenvalue weighted by atomic mass is 10.1. The smallest absolute Gasteiger partial charge is 0.193 e. The second-order valence-corrected chi connectivity index (χ2v) is 7.32. The molecular formula is C22H34N4O. The molecule has 1 fully saturated rings. The number of nitrogens with one attached hydrogen (secondary N) is 1. The first-order valence-electron chi connectivity index (χ1n) is 10.5. The fourth-order valence-electron chi connectivity index (χ4n) is 3.88. The molecule has 1 aliphatic rings. The number of hydrogen-bond donors (Lipinski definition) is 1. The zero-order chi connectivity index (χ0) is 19.1. The summed E-state index contributed by atoms with van der Waals surface area (Å²) in [7, 11) is 0. The van der Waals surface area contributed by atoms with Gasteiger partial charge in [0.05, 0.1) is 0 Å². The van der Waals surface area contributed by atoms with Crippen LogP contribution in [-0.2, 0) is 6.42 Å². The Kier molecular flexibility index (Phi) is 7.16. The highest BCUT2D eigenvalue weighted by atomic mass is 16.3. The second kappa shape index (κ2) is 9.79. The Morgan fingerprint density at radius 3 is 2.81 bits per heavy atom. The number of fused-ring (bicyclic) bond motifs is 1. The van der Waals surface area contributed by atoms with Crippen LogP contribution in [0.4, 0.5) is 0 Å². The van der Waals surface area contributed by atoms with E-state index in [2.05, 4.69) is 48.0 Å². The maximum atomic E-state index is 5.91. The van der Waals surface area contributed by atoms with Gasteiger partial charge in [0, 0.05) is 44.5 Å². The molecule has 148 valence electrons. The van der Waals surface area contributed by atoms with Gasteiger partial charge >= 0.3 is 0 Å². The molecule has 1 atom stereocenters. The van der Waals surface area contributed by atoms with Gasteiger partial charge in [-0.2, -0.15) is 0 Å². The number of likely N-dealkylation sites (tertiary alicyclic amines) is 1. The molecule has 1 aromatic carbocycles. The quantitative estimate of drug-likeness (QED) is 0.569. The fraction of sp³-hybridized carbons (Fsp3) is 0.591. The third kappa shape index (κ3) is 5.25. The van der Waals surface area contributed by atoms with Crippen LogP contribution in [0.3, 0.4) is 0 Å². The number of rotatable bonds is 8. The van der Waals surface area contributed by atoms with Crippen molar-refractivity contribution in [1.29, 1.82) is 0 Å². The zero-order valence-corrected chi connectivity index (χ0v) is 17.1. The van der Waals surface area contributed by atoms with Crippen LogP contribution >= 0.6 is 0 Å². The normalized spacial score (nSPS) is 18.0. The molecule has 2 heterocycles. The average Bonchev–Trinajstić information content (AvgIpc) is 3.31. The molecule has 27 heavy (non-hydrogen) atoms. The van der Waals surface area contributed by atoms with Crippen LogP contribution in [0.25, 0.3) is 11.0 Å². The highest BCUT2D eigenvalue weighted by molar-refractivity contribution is 5.80. The van der Waals surface area contributed by atoms with Crippen molar-refractivity contribution in [3.63, 3.8) is 0 Å². The minimum atomic E-state index is 0.740. The van der Waals surface area contributed by atoms with Crippen LogP contribution in [0, 0.1) is 5.92 Å². The van der Waals surface area contributed by atoms with Gasteiger partial charge in [0.25, 0.3) is 0 Å². The number of furan rings is 1. The largest absolute Gasteiger partial charge is 0.461 e. The van der Waals surface area contributed by atoms with Gasteiger partial charge in [-0.3, -0.25) is 4.99 Å². The van der Waals surface area contributed by atoms with Crippen molar-refractivity contribution in [3.8, 4) is 0 Å². The van der Waals surface area contributed by atoms with Crippen molar-refractivity contribution in [2.45, 2.75) is 33.6 Å². The molecule has 0 aliphatic carbocycles. The summed E-state index contributed by atoms with van der Waals surface area (Å²) in [5.41, 5.74) is 0.960. The average molecular weight is 371 g/mol. The number of para-hydroxylation sites is 1. The molecule has 5 nitrogen and oxygen atoms in total. The van der Waals surface area contributed by atoms with E-state index in [-0.39, 0.29) is 0 Å². The lowest BCUT2D eigenvalue weighted by molar-refractivity contribution is 0.255. The Morgan fingerprint density at radius 1 is 1.26 bits per heavy atom.